The number of rotatable bonds is 10. The van der Waals surface area contributed by atoms with Crippen LogP contribution in [0.15, 0.2) is 51.5 Å². The molecule has 2 rings (SSSR count). The van der Waals surface area contributed by atoms with Crippen LogP contribution >= 0.6 is 0 Å². The number of anilines is 1. The number of aliphatic imine (C=N–C) groups is 2. The highest BCUT2D eigenvalue weighted by Crippen LogP contribution is 2.26. The summed E-state index contributed by atoms with van der Waals surface area (Å²) in [5.41, 5.74) is 9.41. The number of amidine groups is 1. The molecule has 200 valence electrons. The summed E-state index contributed by atoms with van der Waals surface area (Å²) in [6, 6.07) is 3.75. The van der Waals surface area contributed by atoms with E-state index in [9.17, 15) is 13.2 Å². The van der Waals surface area contributed by atoms with Crippen molar-refractivity contribution >= 4 is 17.4 Å². The van der Waals surface area contributed by atoms with Gasteiger partial charge in [-0.15, -0.1) is 0 Å². The lowest BCUT2D eigenvalue weighted by Gasteiger charge is -2.26. The molecule has 1 aromatic heterocycles. The molecule has 3 N–H and O–H groups in total. The second-order valence-electron chi connectivity index (χ2n) is 8.68. The molecule has 1 aliphatic rings. The van der Waals surface area contributed by atoms with Gasteiger partial charge in [0, 0.05) is 44.6 Å². The fraction of sp³-hybridized carbons (Fsp3) is 0.560. The van der Waals surface area contributed by atoms with Gasteiger partial charge in [0.2, 0.25) is 0 Å². The van der Waals surface area contributed by atoms with Crippen LogP contribution in [0, 0.1) is 12.8 Å². The molecule has 1 aromatic rings. The Bertz CT molecular complexity index is 986. The summed E-state index contributed by atoms with van der Waals surface area (Å²) >= 11 is 0. The molecule has 2 heterocycles. The van der Waals surface area contributed by atoms with Crippen LogP contribution in [0.25, 0.3) is 0 Å². The van der Waals surface area contributed by atoms with E-state index in [1.807, 2.05) is 58.0 Å². The minimum atomic E-state index is -4.40. The van der Waals surface area contributed by atoms with Crippen molar-refractivity contribution < 1.29 is 22.6 Å². The second-order valence-corrected chi connectivity index (χ2v) is 8.68. The topological polar surface area (TPSA) is 97.4 Å². The van der Waals surface area contributed by atoms with Crippen LogP contribution in [0.5, 0.6) is 0 Å². The predicted molar refractivity (Wildman–Crippen MR) is 137 cm³/mol. The van der Waals surface area contributed by atoms with Crippen LogP contribution in [0.3, 0.4) is 0 Å². The van der Waals surface area contributed by atoms with Crippen molar-refractivity contribution in [2.75, 3.05) is 52.4 Å². The van der Waals surface area contributed by atoms with Crippen LogP contribution in [-0.2, 0) is 9.47 Å². The van der Waals surface area contributed by atoms with Crippen molar-refractivity contribution in [2.24, 2.45) is 21.6 Å². The fourth-order valence-corrected chi connectivity index (χ4v) is 3.57. The molecule has 0 aliphatic carbocycles. The van der Waals surface area contributed by atoms with Crippen LogP contribution in [0.2, 0.25) is 0 Å². The molecule has 0 saturated heterocycles. The molecule has 0 amide bonds. The maximum atomic E-state index is 12.5. The van der Waals surface area contributed by atoms with Gasteiger partial charge in [0.15, 0.2) is 5.84 Å². The number of hydrogen-bond acceptors (Lipinski definition) is 8. The Morgan fingerprint density at radius 2 is 2.03 bits per heavy atom. The average molecular weight is 511 g/mol. The first kappa shape index (κ1) is 29.3. The van der Waals surface area contributed by atoms with E-state index in [4.69, 9.17) is 20.2 Å². The number of aromatic nitrogens is 1. The minimum absolute atomic E-state index is 0.00330. The van der Waals surface area contributed by atoms with Crippen molar-refractivity contribution in [3.8, 4) is 0 Å². The third-order valence-corrected chi connectivity index (χ3v) is 5.31. The van der Waals surface area contributed by atoms with Gasteiger partial charge in [0.25, 0.3) is 0 Å². The van der Waals surface area contributed by atoms with Gasteiger partial charge in [-0.05, 0) is 50.0 Å². The van der Waals surface area contributed by atoms with Crippen molar-refractivity contribution in [3.63, 3.8) is 0 Å². The van der Waals surface area contributed by atoms with Crippen LogP contribution in [0.1, 0.15) is 32.3 Å². The quantitative estimate of drug-likeness (QED) is 0.456. The van der Waals surface area contributed by atoms with E-state index < -0.39 is 12.8 Å². The highest BCUT2D eigenvalue weighted by Gasteiger charge is 2.28. The smallest absolute Gasteiger partial charge is 0.402 e. The predicted octanol–water partition coefficient (Wildman–Crippen LogP) is 4.30. The van der Waals surface area contributed by atoms with Gasteiger partial charge < -0.3 is 25.4 Å². The number of aryl methyl sites for hydroxylation is 1. The lowest BCUT2D eigenvalue weighted by molar-refractivity contribution is -0.173. The number of allylic oxidation sites excluding steroid dienone is 1. The van der Waals surface area contributed by atoms with Gasteiger partial charge in [-0.3, -0.25) is 4.99 Å². The summed E-state index contributed by atoms with van der Waals surface area (Å²) in [4.78, 5) is 15.7. The number of nitrogens with one attached hydrogen (secondary N) is 1. The Morgan fingerprint density at radius 3 is 2.67 bits per heavy atom. The summed E-state index contributed by atoms with van der Waals surface area (Å²) in [6.45, 7) is 5.38. The number of alkyl halides is 3. The molecular weight excluding hydrogens is 473 g/mol. The number of halogens is 3. The van der Waals surface area contributed by atoms with Gasteiger partial charge in [0.1, 0.15) is 24.0 Å². The summed E-state index contributed by atoms with van der Waals surface area (Å²) in [5, 5.41) is 3.26. The van der Waals surface area contributed by atoms with E-state index in [1.165, 1.54) is 0 Å². The van der Waals surface area contributed by atoms with Crippen molar-refractivity contribution in [1.82, 2.24) is 9.88 Å². The lowest BCUT2D eigenvalue weighted by atomic mass is 9.89. The van der Waals surface area contributed by atoms with E-state index in [0.29, 0.717) is 54.9 Å². The normalized spacial score (nSPS) is 19.3. The van der Waals surface area contributed by atoms with E-state index in [1.54, 1.807) is 6.20 Å². The minimum Gasteiger partial charge on any atom is -0.402 e. The van der Waals surface area contributed by atoms with E-state index in [0.717, 1.165) is 11.1 Å². The second kappa shape index (κ2) is 14.0. The van der Waals surface area contributed by atoms with Gasteiger partial charge >= 0.3 is 6.18 Å². The number of nitrogens with zero attached hydrogens (tertiary/aromatic N) is 4. The zero-order valence-corrected chi connectivity index (χ0v) is 21.7. The third kappa shape index (κ3) is 9.62. The molecule has 0 saturated carbocycles. The molecule has 1 aliphatic heterocycles. The van der Waals surface area contributed by atoms with Crippen LogP contribution < -0.4 is 11.1 Å². The molecule has 0 radical (unpaired) electrons. The van der Waals surface area contributed by atoms with Gasteiger partial charge in [0.05, 0.1) is 19.8 Å². The molecule has 11 heteroatoms. The zero-order valence-electron chi connectivity index (χ0n) is 21.7. The van der Waals surface area contributed by atoms with Crippen molar-refractivity contribution in [2.45, 2.75) is 39.8 Å². The first-order valence-corrected chi connectivity index (χ1v) is 11.9. The van der Waals surface area contributed by atoms with Gasteiger partial charge in [-0.2, -0.15) is 13.2 Å². The number of hydrogen-bond donors (Lipinski definition) is 2. The number of nitrogens with two attached hydrogens (primary N) is 1. The Kier molecular flexibility index (Phi) is 11.4. The lowest BCUT2D eigenvalue weighted by Crippen LogP contribution is -2.33. The zero-order chi connectivity index (χ0) is 26.7. The first-order valence-electron chi connectivity index (χ1n) is 11.9. The average Bonchev–Trinajstić information content (AvgIpc) is 2.78. The molecule has 1 unspecified atom stereocenters. The van der Waals surface area contributed by atoms with Crippen molar-refractivity contribution in [1.29, 1.82) is 0 Å². The Morgan fingerprint density at radius 1 is 1.28 bits per heavy atom. The van der Waals surface area contributed by atoms with E-state index in [-0.39, 0.29) is 19.1 Å². The monoisotopic (exact) mass is 510 g/mol. The largest absolute Gasteiger partial charge is 0.411 e. The van der Waals surface area contributed by atoms with Crippen molar-refractivity contribution in [3.05, 3.63) is 47.1 Å². The Labute approximate surface area is 211 Å². The molecule has 8 nitrogen and oxygen atoms in total. The summed E-state index contributed by atoms with van der Waals surface area (Å²) in [5.74, 6) is 1.65. The number of pyridine rings is 1. The molecule has 36 heavy (non-hydrogen) atoms. The molecule has 0 spiro atoms. The maximum absolute atomic E-state index is 12.5. The molecule has 0 fully saturated rings. The molecule has 0 bridgehead atoms. The number of ether oxygens (including phenoxy) is 2. The Hall–Kier alpha value is -2.92. The standard InChI is InChI=1S/C25H37F3N6O2/c1-6-35-13-10-19(29)22-18(3)7-8-21(34(4)5)33-24(32-20-15-17(2)9-11-30-20)23(22)31-12-14-36-16-25(26,27)28/h8-9,11,15,18H,6-7,10,12-14,16,29H2,1-5H3,(H,30,32,33). The van der Waals surface area contributed by atoms with Gasteiger partial charge in [-0.1, -0.05) is 6.92 Å². The first-order chi connectivity index (χ1) is 17.0. The maximum Gasteiger partial charge on any atom is 0.411 e. The molecular formula is C25H37F3N6O2. The highest BCUT2D eigenvalue weighted by atomic mass is 19.4. The molecule has 1 atom stereocenters. The third-order valence-electron chi connectivity index (χ3n) is 5.31. The summed E-state index contributed by atoms with van der Waals surface area (Å²) in [7, 11) is 3.78. The summed E-state index contributed by atoms with van der Waals surface area (Å²) < 4.78 is 47.8. The van der Waals surface area contributed by atoms with E-state index >= 15 is 0 Å². The van der Waals surface area contributed by atoms with Crippen LogP contribution in [-0.4, -0.2) is 74.7 Å². The Balaban J connectivity index is 2.54. The molecule has 0 aromatic carbocycles. The highest BCUT2D eigenvalue weighted by molar-refractivity contribution is 6.51. The van der Waals surface area contributed by atoms with Gasteiger partial charge in [-0.25, -0.2) is 9.98 Å². The fourth-order valence-electron chi connectivity index (χ4n) is 3.57. The van der Waals surface area contributed by atoms with Crippen LogP contribution in [0.4, 0.5) is 19.0 Å². The summed E-state index contributed by atoms with van der Waals surface area (Å²) in [6.07, 6.45) is 0.447. The van der Waals surface area contributed by atoms with E-state index in [2.05, 4.69) is 15.3 Å². The SMILES string of the molecule is CCOCCC(N)=C1C(=NCCOCC(F)(F)F)C(Nc2cc(C)ccn2)=NC(N(C)C)=CCC1C.